The SMILES string of the molecule is CC(C)C1CCC(C(O)c2ccc(F)cc2F)CC1. The Bertz CT molecular complexity index is 423. The summed E-state index contributed by atoms with van der Waals surface area (Å²) in [6, 6.07) is 3.42. The molecule has 1 aliphatic rings. The van der Waals surface area contributed by atoms with Gasteiger partial charge >= 0.3 is 0 Å². The number of aliphatic hydroxyl groups is 1. The summed E-state index contributed by atoms with van der Waals surface area (Å²) in [4.78, 5) is 0. The number of benzene rings is 1. The molecule has 0 saturated heterocycles. The van der Waals surface area contributed by atoms with E-state index in [1.807, 2.05) is 0 Å². The molecule has 2 rings (SSSR count). The molecule has 1 fully saturated rings. The number of aliphatic hydroxyl groups excluding tert-OH is 1. The van der Waals surface area contributed by atoms with Gasteiger partial charge in [0.25, 0.3) is 0 Å². The van der Waals surface area contributed by atoms with Crippen LogP contribution in [0.3, 0.4) is 0 Å². The van der Waals surface area contributed by atoms with E-state index < -0.39 is 17.7 Å². The number of rotatable bonds is 3. The lowest BCUT2D eigenvalue weighted by molar-refractivity contribution is 0.0640. The van der Waals surface area contributed by atoms with E-state index >= 15 is 0 Å². The molecule has 0 bridgehead atoms. The molecule has 1 aromatic carbocycles. The van der Waals surface area contributed by atoms with Crippen LogP contribution in [0.25, 0.3) is 0 Å². The van der Waals surface area contributed by atoms with Gasteiger partial charge in [-0.1, -0.05) is 19.9 Å². The zero-order valence-corrected chi connectivity index (χ0v) is 11.6. The molecule has 1 unspecified atom stereocenters. The lowest BCUT2D eigenvalue weighted by atomic mass is 9.74. The highest BCUT2D eigenvalue weighted by atomic mass is 19.1. The number of hydrogen-bond acceptors (Lipinski definition) is 1. The second-order valence-corrected chi connectivity index (χ2v) is 6.03. The summed E-state index contributed by atoms with van der Waals surface area (Å²) >= 11 is 0. The molecular formula is C16H22F2O. The van der Waals surface area contributed by atoms with Crippen molar-refractivity contribution in [1.29, 1.82) is 0 Å². The molecule has 1 aliphatic carbocycles. The second-order valence-electron chi connectivity index (χ2n) is 6.03. The minimum atomic E-state index is -0.811. The van der Waals surface area contributed by atoms with Crippen molar-refractivity contribution in [3.63, 3.8) is 0 Å². The Kier molecular flexibility index (Phi) is 4.56. The van der Waals surface area contributed by atoms with Crippen LogP contribution in [-0.2, 0) is 0 Å². The lowest BCUT2D eigenvalue weighted by Crippen LogP contribution is -2.23. The van der Waals surface area contributed by atoms with Gasteiger partial charge in [0.2, 0.25) is 0 Å². The largest absolute Gasteiger partial charge is 0.388 e. The highest BCUT2D eigenvalue weighted by molar-refractivity contribution is 5.21. The van der Waals surface area contributed by atoms with Crippen LogP contribution >= 0.6 is 0 Å². The van der Waals surface area contributed by atoms with E-state index in [4.69, 9.17) is 0 Å². The third kappa shape index (κ3) is 3.33. The summed E-state index contributed by atoms with van der Waals surface area (Å²) < 4.78 is 26.5. The van der Waals surface area contributed by atoms with Gasteiger partial charge in [-0.05, 0) is 49.5 Å². The van der Waals surface area contributed by atoms with Crippen LogP contribution in [0.5, 0.6) is 0 Å². The Labute approximate surface area is 113 Å². The van der Waals surface area contributed by atoms with Gasteiger partial charge in [-0.15, -0.1) is 0 Å². The van der Waals surface area contributed by atoms with Gasteiger partial charge in [-0.25, -0.2) is 8.78 Å². The van der Waals surface area contributed by atoms with Gasteiger partial charge in [0.15, 0.2) is 0 Å². The molecule has 0 aliphatic heterocycles. The quantitative estimate of drug-likeness (QED) is 0.858. The maximum absolute atomic E-state index is 13.7. The lowest BCUT2D eigenvalue weighted by Gasteiger charge is -2.33. The summed E-state index contributed by atoms with van der Waals surface area (Å²) in [5, 5.41) is 10.3. The first kappa shape index (κ1) is 14.4. The van der Waals surface area contributed by atoms with Crippen LogP contribution in [0, 0.1) is 29.4 Å². The fraction of sp³-hybridized carbons (Fsp3) is 0.625. The molecule has 1 nitrogen and oxygen atoms in total. The molecule has 1 atom stereocenters. The first-order valence-electron chi connectivity index (χ1n) is 7.12. The molecule has 0 heterocycles. The van der Waals surface area contributed by atoms with Crippen molar-refractivity contribution in [3.05, 3.63) is 35.4 Å². The molecule has 0 radical (unpaired) electrons. The third-order valence-corrected chi connectivity index (χ3v) is 4.49. The number of hydrogen-bond donors (Lipinski definition) is 1. The summed E-state index contributed by atoms with van der Waals surface area (Å²) in [6.45, 7) is 4.45. The van der Waals surface area contributed by atoms with Gasteiger partial charge < -0.3 is 5.11 Å². The van der Waals surface area contributed by atoms with E-state index in [1.165, 1.54) is 12.1 Å². The monoisotopic (exact) mass is 268 g/mol. The fourth-order valence-corrected chi connectivity index (χ4v) is 3.12. The van der Waals surface area contributed by atoms with E-state index in [-0.39, 0.29) is 11.5 Å². The minimum absolute atomic E-state index is 0.0926. The molecule has 0 amide bonds. The van der Waals surface area contributed by atoms with E-state index in [2.05, 4.69) is 13.8 Å². The first-order chi connectivity index (χ1) is 8.99. The van der Waals surface area contributed by atoms with Crippen LogP contribution < -0.4 is 0 Å². The van der Waals surface area contributed by atoms with Gasteiger partial charge in [0, 0.05) is 11.6 Å². The predicted octanol–water partition coefficient (Wildman–Crippen LogP) is 4.46. The smallest absolute Gasteiger partial charge is 0.131 e. The van der Waals surface area contributed by atoms with Crippen molar-refractivity contribution in [1.82, 2.24) is 0 Å². The minimum Gasteiger partial charge on any atom is -0.388 e. The van der Waals surface area contributed by atoms with Crippen LogP contribution in [0.15, 0.2) is 18.2 Å². The van der Waals surface area contributed by atoms with Gasteiger partial charge in [-0.3, -0.25) is 0 Å². The Balaban J connectivity index is 2.03. The molecule has 1 saturated carbocycles. The topological polar surface area (TPSA) is 20.2 Å². The average molecular weight is 268 g/mol. The molecule has 1 aromatic rings. The second kappa shape index (κ2) is 6.00. The van der Waals surface area contributed by atoms with Crippen LogP contribution in [0.4, 0.5) is 8.78 Å². The van der Waals surface area contributed by atoms with Crippen LogP contribution in [-0.4, -0.2) is 5.11 Å². The normalized spacial score (nSPS) is 25.6. The van der Waals surface area contributed by atoms with E-state index in [9.17, 15) is 13.9 Å². The van der Waals surface area contributed by atoms with Gasteiger partial charge in [0.1, 0.15) is 11.6 Å². The van der Waals surface area contributed by atoms with E-state index in [0.29, 0.717) is 11.8 Å². The zero-order valence-electron chi connectivity index (χ0n) is 11.6. The maximum atomic E-state index is 13.7. The summed E-state index contributed by atoms with van der Waals surface area (Å²) in [6.07, 6.45) is 3.19. The van der Waals surface area contributed by atoms with Crippen molar-refractivity contribution in [3.8, 4) is 0 Å². The maximum Gasteiger partial charge on any atom is 0.131 e. The molecular weight excluding hydrogens is 246 g/mol. The summed E-state index contributed by atoms with van der Waals surface area (Å²) in [7, 11) is 0. The van der Waals surface area contributed by atoms with Gasteiger partial charge in [-0.2, -0.15) is 0 Å². The van der Waals surface area contributed by atoms with Crippen molar-refractivity contribution in [2.45, 2.75) is 45.6 Å². The summed E-state index contributed by atoms with van der Waals surface area (Å²) in [5.74, 6) is 0.229. The fourth-order valence-electron chi connectivity index (χ4n) is 3.12. The Hall–Kier alpha value is -0.960. The van der Waals surface area contributed by atoms with Crippen LogP contribution in [0.1, 0.15) is 51.2 Å². The molecule has 0 spiro atoms. The predicted molar refractivity (Wildman–Crippen MR) is 71.6 cm³/mol. The highest BCUT2D eigenvalue weighted by Gasteiger charge is 2.29. The first-order valence-corrected chi connectivity index (χ1v) is 7.12. The standard InChI is InChI=1S/C16H22F2O/c1-10(2)11-3-5-12(6-4-11)16(19)14-8-7-13(17)9-15(14)18/h7-12,16,19H,3-6H2,1-2H3. The molecule has 1 N–H and O–H groups in total. The molecule has 0 aromatic heterocycles. The van der Waals surface area contributed by atoms with Crippen molar-refractivity contribution >= 4 is 0 Å². The van der Waals surface area contributed by atoms with Crippen LogP contribution in [0.2, 0.25) is 0 Å². The Morgan fingerprint density at radius 2 is 1.63 bits per heavy atom. The Morgan fingerprint density at radius 1 is 1.05 bits per heavy atom. The third-order valence-electron chi connectivity index (χ3n) is 4.49. The zero-order chi connectivity index (χ0) is 14.0. The van der Waals surface area contributed by atoms with Crippen molar-refractivity contribution in [2.75, 3.05) is 0 Å². The molecule has 106 valence electrons. The Morgan fingerprint density at radius 3 is 2.16 bits per heavy atom. The average Bonchev–Trinajstić information content (AvgIpc) is 2.38. The number of halogens is 2. The van der Waals surface area contributed by atoms with Crippen molar-refractivity contribution < 1.29 is 13.9 Å². The van der Waals surface area contributed by atoms with E-state index in [0.717, 1.165) is 31.7 Å². The van der Waals surface area contributed by atoms with Crippen molar-refractivity contribution in [2.24, 2.45) is 17.8 Å². The molecule has 3 heteroatoms. The van der Waals surface area contributed by atoms with Gasteiger partial charge in [0.05, 0.1) is 6.10 Å². The summed E-state index contributed by atoms with van der Waals surface area (Å²) in [5.41, 5.74) is 0.231. The highest BCUT2D eigenvalue weighted by Crippen LogP contribution is 2.39. The molecule has 19 heavy (non-hydrogen) atoms. The van der Waals surface area contributed by atoms with E-state index in [1.54, 1.807) is 0 Å².